The van der Waals surface area contributed by atoms with Crippen LogP contribution in [-0.2, 0) is 5.60 Å². The maximum Gasteiger partial charge on any atom is 0.135 e. The zero-order chi connectivity index (χ0) is 15.7. The number of nitrogens with one attached hydrogen (secondary N) is 1. The van der Waals surface area contributed by atoms with Crippen LogP contribution in [0, 0.1) is 17.2 Å². The minimum Gasteiger partial charge on any atom is -0.378 e. The Morgan fingerprint density at radius 3 is 2.55 bits per heavy atom. The Morgan fingerprint density at radius 1 is 1.18 bits per heavy atom. The maximum absolute atomic E-state index is 11.2. The van der Waals surface area contributed by atoms with Crippen LogP contribution in [0.2, 0.25) is 0 Å². The third-order valence-corrected chi connectivity index (χ3v) is 4.13. The Balaban J connectivity index is 2.18. The highest BCUT2D eigenvalue weighted by molar-refractivity contribution is 5.84. The summed E-state index contributed by atoms with van der Waals surface area (Å²) in [6.07, 6.45) is 3.30. The number of imidazole rings is 1. The van der Waals surface area contributed by atoms with Gasteiger partial charge in [0, 0.05) is 6.20 Å². The van der Waals surface area contributed by atoms with Gasteiger partial charge in [-0.05, 0) is 40.5 Å². The first-order chi connectivity index (χ1) is 10.6. The summed E-state index contributed by atoms with van der Waals surface area (Å²) in [6, 6.07) is 13.5. The highest BCUT2D eigenvalue weighted by atomic mass is 16.3. The molecule has 0 saturated heterocycles. The number of H-pyrrole nitrogens is 1. The van der Waals surface area contributed by atoms with E-state index in [1.807, 2.05) is 44.2 Å². The molecule has 1 heterocycles. The first-order valence-corrected chi connectivity index (χ1v) is 7.21. The summed E-state index contributed by atoms with van der Waals surface area (Å²) in [7, 11) is 0. The van der Waals surface area contributed by atoms with Crippen LogP contribution >= 0.6 is 0 Å². The van der Waals surface area contributed by atoms with E-state index in [0.717, 1.165) is 16.3 Å². The van der Waals surface area contributed by atoms with Crippen molar-refractivity contribution in [2.75, 3.05) is 0 Å². The first-order valence-electron chi connectivity index (χ1n) is 7.21. The van der Waals surface area contributed by atoms with Crippen LogP contribution in [0.5, 0.6) is 0 Å². The number of benzene rings is 2. The summed E-state index contributed by atoms with van der Waals surface area (Å²) in [5, 5.41) is 22.2. The van der Waals surface area contributed by atoms with Crippen LogP contribution in [0.15, 0.2) is 48.9 Å². The van der Waals surface area contributed by atoms with Crippen molar-refractivity contribution in [3.05, 3.63) is 65.7 Å². The van der Waals surface area contributed by atoms with Gasteiger partial charge in [-0.2, -0.15) is 5.26 Å². The first kappa shape index (κ1) is 14.3. The number of hydrogen-bond donors (Lipinski definition) is 2. The van der Waals surface area contributed by atoms with Crippen LogP contribution in [0.4, 0.5) is 0 Å². The van der Waals surface area contributed by atoms with E-state index in [1.54, 1.807) is 18.6 Å². The summed E-state index contributed by atoms with van der Waals surface area (Å²) in [6.45, 7) is 3.94. The Kier molecular flexibility index (Phi) is 3.44. The van der Waals surface area contributed by atoms with E-state index >= 15 is 0 Å². The number of hydrogen-bond acceptors (Lipinski definition) is 3. The third kappa shape index (κ3) is 2.16. The Labute approximate surface area is 129 Å². The lowest BCUT2D eigenvalue weighted by Crippen LogP contribution is -2.33. The van der Waals surface area contributed by atoms with E-state index in [1.165, 1.54) is 0 Å². The molecule has 4 heteroatoms. The van der Waals surface area contributed by atoms with E-state index < -0.39 is 5.60 Å². The molecule has 0 saturated carbocycles. The van der Waals surface area contributed by atoms with Gasteiger partial charge in [-0.15, -0.1) is 0 Å². The van der Waals surface area contributed by atoms with Crippen molar-refractivity contribution in [3.63, 3.8) is 0 Å². The summed E-state index contributed by atoms with van der Waals surface area (Å²) in [5.41, 5.74) is 0.885. The molecule has 4 nitrogen and oxygen atoms in total. The largest absolute Gasteiger partial charge is 0.378 e. The molecule has 22 heavy (non-hydrogen) atoms. The topological polar surface area (TPSA) is 72.7 Å². The molecule has 1 aromatic heterocycles. The Bertz CT molecular complexity index is 846. The average Bonchev–Trinajstić information content (AvgIpc) is 3.07. The normalized spacial score (nSPS) is 14.0. The number of fused-ring (bicyclic) bond motifs is 1. The van der Waals surface area contributed by atoms with Crippen molar-refractivity contribution in [1.29, 1.82) is 5.26 Å². The van der Waals surface area contributed by atoms with E-state index in [-0.39, 0.29) is 5.92 Å². The fraction of sp³-hybridized carbons (Fsp3) is 0.222. The average molecular weight is 291 g/mol. The van der Waals surface area contributed by atoms with Gasteiger partial charge in [0.25, 0.3) is 0 Å². The van der Waals surface area contributed by atoms with Gasteiger partial charge in [-0.25, -0.2) is 4.98 Å². The van der Waals surface area contributed by atoms with Gasteiger partial charge in [0.2, 0.25) is 0 Å². The zero-order valence-corrected chi connectivity index (χ0v) is 12.5. The zero-order valence-electron chi connectivity index (χ0n) is 12.5. The van der Waals surface area contributed by atoms with Crippen molar-refractivity contribution in [1.82, 2.24) is 9.97 Å². The minimum absolute atomic E-state index is 0.0355. The van der Waals surface area contributed by atoms with Crippen molar-refractivity contribution in [3.8, 4) is 6.07 Å². The molecule has 1 atom stereocenters. The van der Waals surface area contributed by atoms with Crippen molar-refractivity contribution < 1.29 is 5.11 Å². The monoisotopic (exact) mass is 291 g/mol. The molecule has 0 aliphatic rings. The number of aliphatic hydroxyl groups is 1. The Morgan fingerprint density at radius 2 is 1.91 bits per heavy atom. The van der Waals surface area contributed by atoms with Gasteiger partial charge in [0.15, 0.2) is 0 Å². The SMILES string of the molecule is CC(C)C(O)(c1ccc2cc(C#N)ccc2c1)c1c[nH]cn1. The second kappa shape index (κ2) is 5.28. The van der Waals surface area contributed by atoms with Crippen molar-refractivity contribution in [2.45, 2.75) is 19.4 Å². The molecular weight excluding hydrogens is 274 g/mol. The minimum atomic E-state index is -1.15. The highest BCUT2D eigenvalue weighted by Crippen LogP contribution is 2.36. The third-order valence-electron chi connectivity index (χ3n) is 4.13. The summed E-state index contributed by atoms with van der Waals surface area (Å²) in [5.74, 6) is -0.0355. The van der Waals surface area contributed by atoms with E-state index in [4.69, 9.17) is 5.26 Å². The second-order valence-corrected chi connectivity index (χ2v) is 5.76. The fourth-order valence-corrected chi connectivity index (χ4v) is 2.80. The molecule has 3 rings (SSSR count). The van der Waals surface area contributed by atoms with Gasteiger partial charge in [-0.3, -0.25) is 0 Å². The van der Waals surface area contributed by atoms with E-state index in [2.05, 4.69) is 16.0 Å². The molecule has 0 radical (unpaired) electrons. The van der Waals surface area contributed by atoms with Gasteiger partial charge in [0.05, 0.1) is 23.7 Å². The van der Waals surface area contributed by atoms with Gasteiger partial charge in [-0.1, -0.05) is 32.0 Å². The smallest absolute Gasteiger partial charge is 0.135 e. The number of rotatable bonds is 3. The molecule has 0 amide bonds. The molecular formula is C18H17N3O. The fourth-order valence-electron chi connectivity index (χ4n) is 2.80. The standard InChI is InChI=1S/C18H17N3O/c1-12(2)18(22,17-10-20-11-21-17)16-6-5-14-7-13(9-19)3-4-15(14)8-16/h3-8,10-12,22H,1-2H3,(H,20,21). The summed E-state index contributed by atoms with van der Waals surface area (Å²) in [4.78, 5) is 7.15. The molecule has 0 aliphatic heterocycles. The van der Waals surface area contributed by atoms with Crippen molar-refractivity contribution in [2.24, 2.45) is 5.92 Å². The molecule has 0 aliphatic carbocycles. The molecule has 0 bridgehead atoms. The predicted molar refractivity (Wildman–Crippen MR) is 85.1 cm³/mol. The molecule has 2 N–H and O–H groups in total. The maximum atomic E-state index is 11.2. The molecule has 110 valence electrons. The number of aromatic amines is 1. The number of nitriles is 1. The van der Waals surface area contributed by atoms with Gasteiger partial charge < -0.3 is 10.1 Å². The van der Waals surface area contributed by atoms with Crippen LogP contribution in [0.3, 0.4) is 0 Å². The molecule has 0 spiro atoms. The van der Waals surface area contributed by atoms with Gasteiger partial charge >= 0.3 is 0 Å². The summed E-state index contributed by atoms with van der Waals surface area (Å²) >= 11 is 0. The van der Waals surface area contributed by atoms with E-state index in [0.29, 0.717) is 11.3 Å². The Hall–Kier alpha value is -2.64. The lowest BCUT2D eigenvalue weighted by Gasteiger charge is -2.31. The lowest BCUT2D eigenvalue weighted by molar-refractivity contribution is 0.0281. The number of aromatic nitrogens is 2. The van der Waals surface area contributed by atoms with E-state index in [9.17, 15) is 5.11 Å². The lowest BCUT2D eigenvalue weighted by atomic mass is 9.80. The van der Waals surface area contributed by atoms with Crippen LogP contribution in [0.1, 0.15) is 30.7 Å². The van der Waals surface area contributed by atoms with Crippen LogP contribution in [0.25, 0.3) is 10.8 Å². The second-order valence-electron chi connectivity index (χ2n) is 5.76. The molecule has 2 aromatic carbocycles. The number of nitrogens with zero attached hydrogens (tertiary/aromatic N) is 2. The predicted octanol–water partition coefficient (Wildman–Crippen LogP) is 3.33. The van der Waals surface area contributed by atoms with Crippen LogP contribution in [-0.4, -0.2) is 15.1 Å². The van der Waals surface area contributed by atoms with Gasteiger partial charge in [0.1, 0.15) is 5.60 Å². The quantitative estimate of drug-likeness (QED) is 0.777. The van der Waals surface area contributed by atoms with Crippen LogP contribution < -0.4 is 0 Å². The molecule has 0 fully saturated rings. The highest BCUT2D eigenvalue weighted by Gasteiger charge is 2.37. The molecule has 3 aromatic rings. The summed E-state index contributed by atoms with van der Waals surface area (Å²) < 4.78 is 0. The molecule has 1 unspecified atom stereocenters. The van der Waals surface area contributed by atoms with Crippen molar-refractivity contribution >= 4 is 10.8 Å².